The lowest BCUT2D eigenvalue weighted by Gasteiger charge is -2.37. The molecule has 0 unspecified atom stereocenters. The number of nitrogens with one attached hydrogen (secondary N) is 2. The molecule has 2 fully saturated rings. The van der Waals surface area contributed by atoms with E-state index < -0.39 is 0 Å². The standard InChI is InChI=1S/C28H32FN7O/c1-19(31-22-5-3-2-4-6-22)35-15-12-23(13-16-35)32-27-30-14-11-24(33-27)26-25(20-7-9-21(29)10-8-20)34-28-36(26)17-18-37-28/h7-11,14,17-18,22-23,31H,1-6,12-13,15-16H2,(H,30,32,33). The monoisotopic (exact) mass is 501 g/mol. The van der Waals surface area contributed by atoms with Gasteiger partial charge >= 0.3 is 5.84 Å². The Balaban J connectivity index is 1.15. The van der Waals surface area contributed by atoms with E-state index in [1.54, 1.807) is 24.6 Å². The Morgan fingerprint density at radius 2 is 1.76 bits per heavy atom. The molecule has 4 aromatic rings. The molecule has 0 atom stereocenters. The number of halogens is 1. The topological polar surface area (TPSA) is 83.5 Å². The smallest absolute Gasteiger partial charge is 0.306 e. The van der Waals surface area contributed by atoms with E-state index in [1.807, 2.05) is 16.7 Å². The second-order valence-electron chi connectivity index (χ2n) is 9.97. The van der Waals surface area contributed by atoms with E-state index >= 15 is 0 Å². The number of nitrogens with zero attached hydrogens (tertiary/aromatic N) is 5. The van der Waals surface area contributed by atoms with Crippen LogP contribution in [0.25, 0.3) is 28.5 Å². The molecule has 6 rings (SSSR count). The highest BCUT2D eigenvalue weighted by Crippen LogP contribution is 2.32. The van der Waals surface area contributed by atoms with Gasteiger partial charge in [-0.25, -0.2) is 14.4 Å². The van der Waals surface area contributed by atoms with Crippen molar-refractivity contribution in [1.82, 2.24) is 29.6 Å². The molecule has 1 saturated heterocycles. The molecule has 0 amide bonds. The lowest BCUT2D eigenvalue weighted by Crippen LogP contribution is -2.44. The minimum Gasteiger partial charge on any atom is -0.432 e. The Bertz CT molecular complexity index is 1360. The number of rotatable bonds is 7. The summed E-state index contributed by atoms with van der Waals surface area (Å²) in [6, 6.07) is 9.00. The molecule has 1 saturated carbocycles. The van der Waals surface area contributed by atoms with Gasteiger partial charge in [0.15, 0.2) is 0 Å². The first kappa shape index (κ1) is 23.5. The molecule has 192 valence electrons. The molecule has 37 heavy (non-hydrogen) atoms. The number of likely N-dealkylation sites (tertiary alicyclic amines) is 1. The maximum Gasteiger partial charge on any atom is 0.306 e. The van der Waals surface area contributed by atoms with Crippen LogP contribution >= 0.6 is 0 Å². The van der Waals surface area contributed by atoms with E-state index in [2.05, 4.69) is 32.1 Å². The zero-order chi connectivity index (χ0) is 25.2. The molecule has 1 aliphatic carbocycles. The number of aromatic nitrogens is 4. The van der Waals surface area contributed by atoms with Crippen LogP contribution in [0, 0.1) is 5.82 Å². The minimum absolute atomic E-state index is 0.282. The summed E-state index contributed by atoms with van der Waals surface area (Å²) in [6.07, 6.45) is 13.6. The van der Waals surface area contributed by atoms with Gasteiger partial charge in [0.25, 0.3) is 0 Å². The van der Waals surface area contributed by atoms with Crippen LogP contribution in [-0.2, 0) is 0 Å². The molecular weight excluding hydrogens is 469 g/mol. The molecule has 0 bridgehead atoms. The maximum absolute atomic E-state index is 13.5. The third-order valence-electron chi connectivity index (χ3n) is 7.46. The second kappa shape index (κ2) is 10.2. The van der Waals surface area contributed by atoms with Crippen molar-refractivity contribution in [2.24, 2.45) is 0 Å². The Labute approximate surface area is 215 Å². The fourth-order valence-corrected chi connectivity index (χ4v) is 5.45. The highest BCUT2D eigenvalue weighted by Gasteiger charge is 2.24. The summed E-state index contributed by atoms with van der Waals surface area (Å²) in [6.45, 7) is 6.21. The van der Waals surface area contributed by atoms with Gasteiger partial charge in [-0.15, -0.1) is 0 Å². The van der Waals surface area contributed by atoms with E-state index in [1.165, 1.54) is 44.2 Å². The lowest BCUT2D eigenvalue weighted by atomic mass is 9.95. The molecule has 8 nitrogen and oxygen atoms in total. The Hall–Kier alpha value is -3.88. The Kier molecular flexibility index (Phi) is 6.51. The van der Waals surface area contributed by atoms with Crippen LogP contribution < -0.4 is 10.6 Å². The first-order valence-corrected chi connectivity index (χ1v) is 13.2. The van der Waals surface area contributed by atoms with Crippen LogP contribution in [0.2, 0.25) is 0 Å². The normalized spacial score (nSPS) is 17.3. The average molecular weight is 502 g/mol. The van der Waals surface area contributed by atoms with Gasteiger partial charge in [0, 0.05) is 43.1 Å². The zero-order valence-corrected chi connectivity index (χ0v) is 20.9. The van der Waals surface area contributed by atoms with Crippen molar-refractivity contribution < 1.29 is 8.81 Å². The van der Waals surface area contributed by atoms with Crippen LogP contribution in [0.15, 0.2) is 65.8 Å². The van der Waals surface area contributed by atoms with Crippen molar-refractivity contribution in [2.75, 3.05) is 18.4 Å². The van der Waals surface area contributed by atoms with Gasteiger partial charge in [-0.3, -0.25) is 4.40 Å². The summed E-state index contributed by atoms with van der Waals surface area (Å²) in [5.74, 6) is 1.80. The predicted molar refractivity (Wildman–Crippen MR) is 141 cm³/mol. The molecule has 1 aromatic carbocycles. The van der Waals surface area contributed by atoms with Crippen molar-refractivity contribution in [3.8, 4) is 22.6 Å². The summed E-state index contributed by atoms with van der Waals surface area (Å²) in [5.41, 5.74) is 2.97. The van der Waals surface area contributed by atoms with Crippen molar-refractivity contribution in [1.29, 1.82) is 0 Å². The number of hydrogen-bond acceptors (Lipinski definition) is 7. The van der Waals surface area contributed by atoms with Crippen molar-refractivity contribution in [3.63, 3.8) is 0 Å². The largest absolute Gasteiger partial charge is 0.432 e. The quantitative estimate of drug-likeness (QED) is 0.348. The number of anilines is 1. The van der Waals surface area contributed by atoms with Crippen molar-refractivity contribution in [2.45, 2.75) is 57.0 Å². The molecule has 2 N–H and O–H groups in total. The first-order valence-electron chi connectivity index (χ1n) is 13.2. The molecule has 3 aromatic heterocycles. The van der Waals surface area contributed by atoms with Crippen LogP contribution in [0.1, 0.15) is 44.9 Å². The predicted octanol–water partition coefficient (Wildman–Crippen LogP) is 5.46. The Morgan fingerprint density at radius 3 is 2.54 bits per heavy atom. The molecule has 0 spiro atoms. The van der Waals surface area contributed by atoms with Crippen molar-refractivity contribution in [3.05, 3.63) is 67.2 Å². The number of imidazole rings is 1. The molecule has 4 heterocycles. The molecule has 2 aliphatic rings. The third kappa shape index (κ3) is 5.03. The van der Waals surface area contributed by atoms with Gasteiger partial charge in [-0.1, -0.05) is 25.8 Å². The summed E-state index contributed by atoms with van der Waals surface area (Å²) < 4.78 is 20.9. The second-order valence-corrected chi connectivity index (χ2v) is 9.97. The molecular formula is C28H32FN7O. The highest BCUT2D eigenvalue weighted by molar-refractivity contribution is 5.79. The van der Waals surface area contributed by atoms with Gasteiger partial charge in [0.2, 0.25) is 5.95 Å². The van der Waals surface area contributed by atoms with Crippen LogP contribution in [-0.4, -0.2) is 49.4 Å². The van der Waals surface area contributed by atoms with Crippen LogP contribution in [0.3, 0.4) is 0 Å². The van der Waals surface area contributed by atoms with E-state index in [-0.39, 0.29) is 11.9 Å². The van der Waals surface area contributed by atoms with E-state index in [4.69, 9.17) is 9.40 Å². The van der Waals surface area contributed by atoms with E-state index in [0.29, 0.717) is 29.2 Å². The van der Waals surface area contributed by atoms with Gasteiger partial charge < -0.3 is 20.0 Å². The zero-order valence-electron chi connectivity index (χ0n) is 20.9. The molecule has 1 aliphatic heterocycles. The highest BCUT2D eigenvalue weighted by atomic mass is 19.1. The van der Waals surface area contributed by atoms with Crippen LogP contribution in [0.5, 0.6) is 0 Å². The summed E-state index contributed by atoms with van der Waals surface area (Å²) in [5, 5.41) is 7.19. The van der Waals surface area contributed by atoms with Crippen LogP contribution in [0.4, 0.5) is 10.3 Å². The van der Waals surface area contributed by atoms with Gasteiger partial charge in [0.1, 0.15) is 23.5 Å². The number of fused-ring (bicyclic) bond motifs is 1. The minimum atomic E-state index is -0.291. The van der Waals surface area contributed by atoms with Gasteiger partial charge in [-0.2, -0.15) is 4.98 Å². The third-order valence-corrected chi connectivity index (χ3v) is 7.46. The Morgan fingerprint density at radius 1 is 0.973 bits per heavy atom. The summed E-state index contributed by atoms with van der Waals surface area (Å²) in [7, 11) is 0. The average Bonchev–Trinajstić information content (AvgIpc) is 3.52. The first-order chi connectivity index (χ1) is 18.1. The number of hydrogen-bond donors (Lipinski definition) is 2. The maximum atomic E-state index is 13.5. The fraction of sp³-hybridized carbons (Fsp3) is 0.393. The van der Waals surface area contributed by atoms with E-state index in [9.17, 15) is 4.39 Å². The summed E-state index contributed by atoms with van der Waals surface area (Å²) in [4.78, 5) is 16.3. The number of benzene rings is 1. The lowest BCUT2D eigenvalue weighted by molar-refractivity contribution is 0.241. The van der Waals surface area contributed by atoms with E-state index in [0.717, 1.165) is 43.0 Å². The fourth-order valence-electron chi connectivity index (χ4n) is 5.45. The summed E-state index contributed by atoms with van der Waals surface area (Å²) >= 11 is 0. The number of oxazole rings is 1. The molecule has 0 radical (unpaired) electrons. The SMILES string of the molecule is C=C(NC1CCCCC1)N1CCC(Nc2nccc(-c3c(-c4ccc(F)cc4)nc4occn34)n2)CC1. The van der Waals surface area contributed by atoms with Gasteiger partial charge in [-0.05, 0) is 56.0 Å². The van der Waals surface area contributed by atoms with Gasteiger partial charge in [0.05, 0.1) is 11.5 Å². The number of piperidine rings is 1. The van der Waals surface area contributed by atoms with Crippen molar-refractivity contribution >= 4 is 11.8 Å². The molecule has 9 heteroatoms.